The lowest BCUT2D eigenvalue weighted by Gasteiger charge is -2.11. The molecule has 0 radical (unpaired) electrons. The highest BCUT2D eigenvalue weighted by atomic mass is 19.4. The predicted octanol–water partition coefficient (Wildman–Crippen LogP) is 4.87. The fourth-order valence-corrected chi connectivity index (χ4v) is 2.31. The van der Waals surface area contributed by atoms with Crippen LogP contribution in [0.25, 0.3) is 6.08 Å². The highest BCUT2D eigenvalue weighted by molar-refractivity contribution is 6.10. The van der Waals surface area contributed by atoms with Gasteiger partial charge in [0.15, 0.2) is 0 Å². The molecule has 0 aromatic heterocycles. The number of nitrogens with one attached hydrogen (secondary N) is 1. The Hall–Kier alpha value is -3.07. The third-order valence-electron chi connectivity index (χ3n) is 3.61. The topological polar surface area (TPSA) is 52.9 Å². The number of nitrogens with zero attached hydrogens (tertiary/aromatic N) is 1. The summed E-state index contributed by atoms with van der Waals surface area (Å²) >= 11 is 0. The molecule has 1 N–H and O–H groups in total. The molecule has 0 aliphatic rings. The van der Waals surface area contributed by atoms with E-state index in [1.165, 1.54) is 12.1 Å². The number of nitriles is 1. The van der Waals surface area contributed by atoms with Crippen molar-refractivity contribution in [3.05, 3.63) is 70.3 Å². The van der Waals surface area contributed by atoms with Gasteiger partial charge in [-0.25, -0.2) is 0 Å². The maximum Gasteiger partial charge on any atom is 0.416 e. The van der Waals surface area contributed by atoms with E-state index in [0.717, 1.165) is 29.3 Å². The summed E-state index contributed by atoms with van der Waals surface area (Å²) < 4.78 is 38.3. The molecule has 0 unspecified atom stereocenters. The second-order valence-corrected chi connectivity index (χ2v) is 5.51. The molecule has 0 spiro atoms. The second-order valence-electron chi connectivity index (χ2n) is 5.51. The quantitative estimate of drug-likeness (QED) is 0.638. The van der Waals surface area contributed by atoms with Crippen molar-refractivity contribution in [3.63, 3.8) is 0 Å². The van der Waals surface area contributed by atoms with Crippen molar-refractivity contribution in [1.29, 1.82) is 5.26 Å². The lowest BCUT2D eigenvalue weighted by molar-refractivity contribution is -0.137. The van der Waals surface area contributed by atoms with Gasteiger partial charge in [0.05, 0.1) is 5.56 Å². The maximum absolute atomic E-state index is 12.8. The number of anilines is 1. The number of carbonyl (C=O) groups is 1. The van der Waals surface area contributed by atoms with Gasteiger partial charge in [-0.2, -0.15) is 18.4 Å². The van der Waals surface area contributed by atoms with Crippen LogP contribution in [-0.2, 0) is 11.0 Å². The van der Waals surface area contributed by atoms with Crippen molar-refractivity contribution in [1.82, 2.24) is 0 Å². The van der Waals surface area contributed by atoms with Crippen LogP contribution in [0.2, 0.25) is 0 Å². The summed E-state index contributed by atoms with van der Waals surface area (Å²) in [5.74, 6) is -0.669. The van der Waals surface area contributed by atoms with E-state index in [9.17, 15) is 23.2 Å². The van der Waals surface area contributed by atoms with Crippen LogP contribution in [0, 0.1) is 25.2 Å². The summed E-state index contributed by atoms with van der Waals surface area (Å²) in [6, 6.07) is 11.6. The number of amides is 1. The number of halogens is 3. The van der Waals surface area contributed by atoms with E-state index in [0.29, 0.717) is 5.69 Å². The van der Waals surface area contributed by atoms with E-state index >= 15 is 0 Å². The first-order valence-electron chi connectivity index (χ1n) is 7.39. The molecule has 0 bridgehead atoms. The van der Waals surface area contributed by atoms with Gasteiger partial charge in [-0.05, 0) is 48.7 Å². The van der Waals surface area contributed by atoms with E-state index in [2.05, 4.69) is 5.32 Å². The van der Waals surface area contributed by atoms with Crippen LogP contribution >= 0.6 is 0 Å². The first-order chi connectivity index (χ1) is 11.7. The van der Waals surface area contributed by atoms with Gasteiger partial charge in [0.1, 0.15) is 11.6 Å². The van der Waals surface area contributed by atoms with Gasteiger partial charge in [-0.3, -0.25) is 4.79 Å². The lowest BCUT2D eigenvalue weighted by atomic mass is 10.1. The standard InChI is InChI=1S/C19H15F3N2O/c1-12-5-3-6-13(2)17(12)24-18(25)15(11-23)9-14-7-4-8-16(10-14)19(20,21)22/h3-10H,1-2H3,(H,24,25). The van der Waals surface area contributed by atoms with Crippen LogP contribution < -0.4 is 5.32 Å². The molecular formula is C19H15F3N2O. The highest BCUT2D eigenvalue weighted by Crippen LogP contribution is 2.30. The second kappa shape index (κ2) is 7.22. The Labute approximate surface area is 143 Å². The third kappa shape index (κ3) is 4.48. The van der Waals surface area contributed by atoms with Crippen molar-refractivity contribution in [2.45, 2.75) is 20.0 Å². The summed E-state index contributed by atoms with van der Waals surface area (Å²) in [6.45, 7) is 3.62. The molecule has 0 atom stereocenters. The van der Waals surface area contributed by atoms with Gasteiger partial charge in [-0.15, -0.1) is 0 Å². The zero-order valence-corrected chi connectivity index (χ0v) is 13.6. The largest absolute Gasteiger partial charge is 0.416 e. The number of alkyl halides is 3. The van der Waals surface area contributed by atoms with Crippen LogP contribution in [0.15, 0.2) is 48.0 Å². The molecule has 2 rings (SSSR count). The molecule has 6 heteroatoms. The molecule has 0 saturated carbocycles. The van der Waals surface area contributed by atoms with E-state index in [1.807, 2.05) is 32.0 Å². The van der Waals surface area contributed by atoms with Crippen LogP contribution in [0.5, 0.6) is 0 Å². The Kier molecular flexibility index (Phi) is 5.28. The number of hydrogen-bond acceptors (Lipinski definition) is 2. The summed E-state index contributed by atoms with van der Waals surface area (Å²) in [4.78, 5) is 12.3. The van der Waals surface area contributed by atoms with Crippen LogP contribution in [0.1, 0.15) is 22.3 Å². The number of hydrogen-bond donors (Lipinski definition) is 1. The fourth-order valence-electron chi connectivity index (χ4n) is 2.31. The number of aryl methyl sites for hydroxylation is 2. The molecule has 25 heavy (non-hydrogen) atoms. The molecule has 0 fully saturated rings. The van der Waals surface area contributed by atoms with Crippen molar-refractivity contribution >= 4 is 17.7 Å². The molecule has 0 saturated heterocycles. The molecule has 3 nitrogen and oxygen atoms in total. The smallest absolute Gasteiger partial charge is 0.321 e. The van der Waals surface area contributed by atoms with Crippen molar-refractivity contribution in [2.75, 3.05) is 5.32 Å². The minimum absolute atomic E-state index is 0.128. The van der Waals surface area contributed by atoms with Gasteiger partial charge in [0.2, 0.25) is 0 Å². The monoisotopic (exact) mass is 344 g/mol. The van der Waals surface area contributed by atoms with Gasteiger partial charge < -0.3 is 5.32 Å². The maximum atomic E-state index is 12.8. The molecule has 0 aliphatic carbocycles. The van der Waals surface area contributed by atoms with Crippen molar-refractivity contribution < 1.29 is 18.0 Å². The van der Waals surface area contributed by atoms with Crippen LogP contribution in [0.3, 0.4) is 0 Å². The molecule has 2 aromatic carbocycles. The SMILES string of the molecule is Cc1cccc(C)c1NC(=O)C(C#N)=Cc1cccc(C(F)(F)F)c1. The minimum atomic E-state index is -4.49. The van der Waals surface area contributed by atoms with Crippen molar-refractivity contribution in [2.24, 2.45) is 0 Å². The van der Waals surface area contributed by atoms with E-state index in [4.69, 9.17) is 0 Å². The number of para-hydroxylation sites is 1. The summed E-state index contributed by atoms with van der Waals surface area (Å²) in [5, 5.41) is 11.8. The first kappa shape index (κ1) is 18.3. The number of benzene rings is 2. The van der Waals surface area contributed by atoms with Gasteiger partial charge in [0, 0.05) is 5.69 Å². The zero-order chi connectivity index (χ0) is 18.6. The van der Waals surface area contributed by atoms with Crippen LogP contribution in [0.4, 0.5) is 18.9 Å². The molecule has 0 aliphatic heterocycles. The normalized spacial score (nSPS) is 11.8. The molecule has 2 aromatic rings. The Bertz CT molecular complexity index is 857. The molecule has 0 heterocycles. The Morgan fingerprint density at radius 1 is 1.12 bits per heavy atom. The molecule has 1 amide bonds. The molecular weight excluding hydrogens is 329 g/mol. The summed E-state index contributed by atoms with van der Waals surface area (Å²) in [6.07, 6.45) is -3.35. The van der Waals surface area contributed by atoms with Crippen molar-refractivity contribution in [3.8, 4) is 6.07 Å². The summed E-state index contributed by atoms with van der Waals surface area (Å²) in [7, 11) is 0. The fraction of sp³-hybridized carbons (Fsp3) is 0.158. The molecule has 128 valence electrons. The summed E-state index contributed by atoms with van der Waals surface area (Å²) in [5.41, 5.74) is 1.24. The van der Waals surface area contributed by atoms with E-state index < -0.39 is 17.6 Å². The minimum Gasteiger partial charge on any atom is -0.321 e. The average Bonchev–Trinajstić information content (AvgIpc) is 2.55. The van der Waals surface area contributed by atoms with Gasteiger partial charge in [-0.1, -0.05) is 30.3 Å². The van der Waals surface area contributed by atoms with E-state index in [1.54, 1.807) is 6.07 Å². The Morgan fingerprint density at radius 2 is 1.72 bits per heavy atom. The average molecular weight is 344 g/mol. The third-order valence-corrected chi connectivity index (χ3v) is 3.61. The zero-order valence-electron chi connectivity index (χ0n) is 13.6. The number of carbonyl (C=O) groups excluding carboxylic acids is 1. The highest BCUT2D eigenvalue weighted by Gasteiger charge is 2.30. The lowest BCUT2D eigenvalue weighted by Crippen LogP contribution is -2.15. The predicted molar refractivity (Wildman–Crippen MR) is 89.6 cm³/mol. The number of rotatable bonds is 3. The van der Waals surface area contributed by atoms with Gasteiger partial charge >= 0.3 is 6.18 Å². The van der Waals surface area contributed by atoms with Crippen LogP contribution in [-0.4, -0.2) is 5.91 Å². The Morgan fingerprint density at radius 3 is 2.28 bits per heavy atom. The van der Waals surface area contributed by atoms with Gasteiger partial charge in [0.25, 0.3) is 5.91 Å². The first-order valence-corrected chi connectivity index (χ1v) is 7.39. The Balaban J connectivity index is 2.32. The van der Waals surface area contributed by atoms with E-state index in [-0.39, 0.29) is 11.1 Å².